The number of ether oxygens (including phenoxy) is 1. The molecule has 0 aromatic heterocycles. The van der Waals surface area contributed by atoms with Crippen LogP contribution in [0, 0.1) is 12.8 Å². The fraction of sp³-hybridized carbons (Fsp3) is 0.588. The number of nitrogens with zero attached hydrogens (tertiary/aromatic N) is 4. The van der Waals surface area contributed by atoms with Gasteiger partial charge in [0.1, 0.15) is 0 Å². The third-order valence-corrected chi connectivity index (χ3v) is 13.0. The second-order valence-electron chi connectivity index (χ2n) is 12.8. The average Bonchev–Trinajstić information content (AvgIpc) is 3.04. The van der Waals surface area contributed by atoms with Gasteiger partial charge in [0.15, 0.2) is 0 Å². The molecule has 1 aliphatic carbocycles. The Kier molecular flexibility index (Phi) is 11.8. The van der Waals surface area contributed by atoms with E-state index in [0.29, 0.717) is 50.6 Å². The van der Waals surface area contributed by atoms with Gasteiger partial charge in [-0.15, -0.1) is 0 Å². The quantitative estimate of drug-likeness (QED) is 0.397. The first-order valence-corrected chi connectivity index (χ1v) is 19.4. The van der Waals surface area contributed by atoms with Crippen molar-refractivity contribution in [3.8, 4) is 0 Å². The zero-order chi connectivity index (χ0) is 31.9. The Morgan fingerprint density at radius 2 is 1.20 bits per heavy atom. The molecule has 1 saturated carbocycles. The normalized spacial score (nSPS) is 21.7. The van der Waals surface area contributed by atoms with Crippen molar-refractivity contribution in [3.63, 3.8) is 0 Å². The fourth-order valence-electron chi connectivity index (χ4n) is 6.75. The highest BCUT2D eigenvalue weighted by Gasteiger charge is 2.30. The lowest BCUT2D eigenvalue weighted by molar-refractivity contribution is 0.122. The summed E-state index contributed by atoms with van der Waals surface area (Å²) in [6, 6.07) is 14.0. The molecule has 2 aromatic rings. The first kappa shape index (κ1) is 34.1. The number of morpholine rings is 1. The molecule has 3 aliphatic rings. The Bertz CT molecular complexity index is 1470. The largest absolute Gasteiger partial charge is 0.378 e. The average molecular weight is 659 g/mol. The van der Waals surface area contributed by atoms with Gasteiger partial charge in [-0.05, 0) is 93.6 Å². The minimum absolute atomic E-state index is 0.0656. The second kappa shape index (κ2) is 15.5. The van der Waals surface area contributed by atoms with Crippen LogP contribution in [0.4, 0.5) is 5.69 Å². The summed E-state index contributed by atoms with van der Waals surface area (Å²) in [5, 5.41) is 0. The van der Waals surface area contributed by atoms with Gasteiger partial charge in [0.25, 0.3) is 0 Å². The lowest BCUT2D eigenvalue weighted by Gasteiger charge is -2.33. The Morgan fingerprint density at radius 1 is 0.689 bits per heavy atom. The van der Waals surface area contributed by atoms with Gasteiger partial charge in [-0.3, -0.25) is 0 Å². The van der Waals surface area contributed by atoms with E-state index >= 15 is 0 Å². The van der Waals surface area contributed by atoms with Crippen LogP contribution in [0.25, 0.3) is 0 Å². The molecule has 0 N–H and O–H groups in total. The molecular weight excluding hydrogens is 609 g/mol. The van der Waals surface area contributed by atoms with Crippen LogP contribution in [0.15, 0.2) is 70.5 Å². The standard InChI is InChI=1S/C34H50N4O5S2/c1-29-10-14-33(15-11-29)44(39,40)37-20-6-18-35(28-31-8-4-3-5-9-31)19-7-21-38(27-30(2)26-37)45(41,42)34-16-12-32(13-17-34)36-22-24-43-25-23-36/h10-17,31H,2-9,18-28H2,1H3. The van der Waals surface area contributed by atoms with Crippen LogP contribution < -0.4 is 4.90 Å². The van der Waals surface area contributed by atoms with E-state index in [2.05, 4.69) is 16.4 Å². The van der Waals surface area contributed by atoms with Gasteiger partial charge in [-0.1, -0.05) is 43.5 Å². The maximum absolute atomic E-state index is 14.1. The first-order chi connectivity index (χ1) is 21.6. The number of rotatable bonds is 7. The van der Waals surface area contributed by atoms with Gasteiger partial charge in [0.2, 0.25) is 20.0 Å². The first-order valence-electron chi connectivity index (χ1n) is 16.5. The predicted octanol–water partition coefficient (Wildman–Crippen LogP) is 4.75. The van der Waals surface area contributed by atoms with Crippen LogP contribution in [0.2, 0.25) is 0 Å². The molecule has 0 atom stereocenters. The molecule has 3 fully saturated rings. The summed E-state index contributed by atoms with van der Waals surface area (Å²) in [6.07, 6.45) is 7.70. The van der Waals surface area contributed by atoms with Gasteiger partial charge < -0.3 is 14.5 Å². The number of aryl methyl sites for hydroxylation is 1. The minimum atomic E-state index is -3.84. The second-order valence-corrected chi connectivity index (χ2v) is 16.7. The number of hydrogen-bond donors (Lipinski definition) is 0. The Balaban J connectivity index is 1.38. The van der Waals surface area contributed by atoms with Crippen LogP contribution in [0.5, 0.6) is 0 Å². The molecule has 0 amide bonds. The fourth-order valence-corrected chi connectivity index (χ4v) is 9.75. The van der Waals surface area contributed by atoms with Crippen molar-refractivity contribution in [1.29, 1.82) is 0 Å². The summed E-state index contributed by atoms with van der Waals surface area (Å²) in [7, 11) is -7.64. The molecule has 9 nitrogen and oxygen atoms in total. The predicted molar refractivity (Wildman–Crippen MR) is 180 cm³/mol. The van der Waals surface area contributed by atoms with Crippen molar-refractivity contribution in [1.82, 2.24) is 13.5 Å². The summed E-state index contributed by atoms with van der Waals surface area (Å²) < 4.78 is 64.3. The maximum Gasteiger partial charge on any atom is 0.243 e. The molecule has 45 heavy (non-hydrogen) atoms. The number of hydrogen-bond acceptors (Lipinski definition) is 7. The van der Waals surface area contributed by atoms with Crippen molar-refractivity contribution in [2.45, 2.75) is 61.7 Å². The maximum atomic E-state index is 14.1. The van der Waals surface area contributed by atoms with E-state index in [1.165, 1.54) is 40.7 Å². The summed E-state index contributed by atoms with van der Waals surface area (Å²) >= 11 is 0. The van der Waals surface area contributed by atoms with Crippen molar-refractivity contribution < 1.29 is 21.6 Å². The minimum Gasteiger partial charge on any atom is -0.378 e. The monoisotopic (exact) mass is 658 g/mol. The van der Waals surface area contributed by atoms with E-state index in [1.54, 1.807) is 24.3 Å². The van der Waals surface area contributed by atoms with Crippen LogP contribution in [0.3, 0.4) is 0 Å². The zero-order valence-electron chi connectivity index (χ0n) is 26.8. The lowest BCUT2D eigenvalue weighted by Crippen LogP contribution is -2.42. The van der Waals surface area contributed by atoms with Crippen molar-refractivity contribution in [3.05, 3.63) is 66.2 Å². The highest BCUT2D eigenvalue weighted by molar-refractivity contribution is 7.89. The number of anilines is 1. The summed E-state index contributed by atoms with van der Waals surface area (Å²) in [5.41, 5.74) is 2.52. The van der Waals surface area contributed by atoms with Gasteiger partial charge in [-0.25, -0.2) is 16.8 Å². The van der Waals surface area contributed by atoms with E-state index in [1.807, 2.05) is 31.2 Å². The highest BCUT2D eigenvalue weighted by Crippen LogP contribution is 2.27. The summed E-state index contributed by atoms with van der Waals surface area (Å²) in [4.78, 5) is 5.12. The number of sulfonamides is 2. The van der Waals surface area contributed by atoms with E-state index in [0.717, 1.165) is 44.0 Å². The van der Waals surface area contributed by atoms with Crippen LogP contribution in [-0.2, 0) is 24.8 Å². The molecule has 0 unspecified atom stereocenters. The molecule has 0 spiro atoms. The van der Waals surface area contributed by atoms with Gasteiger partial charge >= 0.3 is 0 Å². The molecule has 2 aromatic carbocycles. The molecule has 11 heteroatoms. The lowest BCUT2D eigenvalue weighted by atomic mass is 9.89. The van der Waals surface area contributed by atoms with Gasteiger partial charge in [0.05, 0.1) is 23.0 Å². The molecule has 248 valence electrons. The van der Waals surface area contributed by atoms with E-state index in [4.69, 9.17) is 4.74 Å². The van der Waals surface area contributed by atoms with Gasteiger partial charge in [0, 0.05) is 51.5 Å². The number of benzene rings is 2. The molecule has 2 heterocycles. The molecule has 2 aliphatic heterocycles. The summed E-state index contributed by atoms with van der Waals surface area (Å²) in [5.74, 6) is 0.642. The van der Waals surface area contributed by atoms with Crippen LogP contribution in [0.1, 0.15) is 50.5 Å². The van der Waals surface area contributed by atoms with Crippen LogP contribution >= 0.6 is 0 Å². The van der Waals surface area contributed by atoms with E-state index < -0.39 is 20.0 Å². The van der Waals surface area contributed by atoms with E-state index in [9.17, 15) is 16.8 Å². The SMILES string of the molecule is C=C1CN(S(=O)(=O)c2ccc(C)cc2)CCCN(CC2CCCCC2)CCCN(S(=O)(=O)c2ccc(N3CCOCC3)cc2)C1. The van der Waals surface area contributed by atoms with Crippen molar-refractivity contribution in [2.75, 3.05) is 77.0 Å². The van der Waals surface area contributed by atoms with Crippen molar-refractivity contribution in [2.24, 2.45) is 5.92 Å². The third kappa shape index (κ3) is 8.96. The smallest absolute Gasteiger partial charge is 0.243 e. The molecule has 2 saturated heterocycles. The highest BCUT2D eigenvalue weighted by atomic mass is 32.2. The van der Waals surface area contributed by atoms with Crippen molar-refractivity contribution >= 4 is 25.7 Å². The third-order valence-electron chi connectivity index (χ3n) is 9.31. The van der Waals surface area contributed by atoms with Crippen LogP contribution in [-0.4, -0.2) is 102 Å². The van der Waals surface area contributed by atoms with Gasteiger partial charge in [-0.2, -0.15) is 8.61 Å². The Hall–Kier alpha value is -2.28. The molecular formula is C34H50N4O5S2. The molecule has 0 radical (unpaired) electrons. The Labute approximate surface area is 270 Å². The summed E-state index contributed by atoms with van der Waals surface area (Å²) in [6.45, 7) is 12.4. The molecule has 0 bridgehead atoms. The molecule has 5 rings (SSSR count). The van der Waals surface area contributed by atoms with E-state index in [-0.39, 0.29) is 22.9 Å². The topological polar surface area (TPSA) is 90.5 Å². The zero-order valence-corrected chi connectivity index (χ0v) is 28.4. The Morgan fingerprint density at radius 3 is 1.73 bits per heavy atom.